The van der Waals surface area contributed by atoms with Crippen molar-refractivity contribution in [1.82, 2.24) is 5.32 Å². The Morgan fingerprint density at radius 3 is 2.55 bits per heavy atom. The van der Waals surface area contributed by atoms with E-state index >= 15 is 0 Å². The van der Waals surface area contributed by atoms with Gasteiger partial charge in [-0.15, -0.1) is 0 Å². The smallest absolute Gasteiger partial charge is 0.179 e. The molecule has 3 nitrogen and oxygen atoms in total. The van der Waals surface area contributed by atoms with E-state index in [1.54, 1.807) is 14.2 Å². The molecule has 0 saturated carbocycles. The third kappa shape index (κ3) is 4.73. The summed E-state index contributed by atoms with van der Waals surface area (Å²) in [7, 11) is 3.19. The highest BCUT2D eigenvalue weighted by molar-refractivity contribution is 6.33. The lowest BCUT2D eigenvalue weighted by Gasteiger charge is -2.12. The van der Waals surface area contributed by atoms with Gasteiger partial charge in [0.2, 0.25) is 0 Å². The molecule has 0 aliphatic heterocycles. The number of hydrogen-bond donors (Lipinski definition) is 1. The summed E-state index contributed by atoms with van der Waals surface area (Å²) >= 11 is 6.35. The van der Waals surface area contributed by atoms with E-state index in [4.69, 9.17) is 21.1 Å². The van der Waals surface area contributed by atoms with Crippen LogP contribution in [-0.2, 0) is 0 Å². The molecule has 0 unspecified atom stereocenters. The lowest BCUT2D eigenvalue weighted by Crippen LogP contribution is -2.21. The number of benzene rings is 1. The average Bonchev–Trinajstić information content (AvgIpc) is 2.40. The van der Waals surface area contributed by atoms with Crippen molar-refractivity contribution in [2.45, 2.75) is 20.8 Å². The van der Waals surface area contributed by atoms with E-state index in [2.05, 4.69) is 32.2 Å². The Hall–Kier alpha value is -1.19. The van der Waals surface area contributed by atoms with Gasteiger partial charge in [-0.3, -0.25) is 0 Å². The first-order valence-electron chi connectivity index (χ1n) is 6.78. The quantitative estimate of drug-likeness (QED) is 0.825. The van der Waals surface area contributed by atoms with Crippen molar-refractivity contribution < 1.29 is 9.47 Å². The van der Waals surface area contributed by atoms with Crippen LogP contribution in [0.15, 0.2) is 17.7 Å². The fourth-order valence-electron chi connectivity index (χ4n) is 1.89. The van der Waals surface area contributed by atoms with Crippen LogP contribution >= 0.6 is 11.6 Å². The minimum atomic E-state index is 0.575. The molecule has 0 spiro atoms. The molecule has 0 amide bonds. The molecule has 1 N–H and O–H groups in total. The van der Waals surface area contributed by atoms with Crippen LogP contribution in [0.3, 0.4) is 0 Å². The predicted octanol–water partition coefficient (Wildman–Crippen LogP) is 4.01. The first-order valence-corrected chi connectivity index (χ1v) is 7.15. The first kappa shape index (κ1) is 16.9. The Labute approximate surface area is 126 Å². The lowest BCUT2D eigenvalue weighted by molar-refractivity contribution is 0.355. The molecule has 1 aromatic carbocycles. The molecule has 1 rings (SSSR count). The monoisotopic (exact) mass is 297 g/mol. The summed E-state index contributed by atoms with van der Waals surface area (Å²) in [5.74, 6) is 1.86. The van der Waals surface area contributed by atoms with E-state index in [-0.39, 0.29) is 0 Å². The van der Waals surface area contributed by atoms with Gasteiger partial charge in [-0.05, 0) is 37.1 Å². The molecule has 0 bridgehead atoms. The van der Waals surface area contributed by atoms with Gasteiger partial charge < -0.3 is 14.8 Å². The van der Waals surface area contributed by atoms with Crippen LogP contribution in [0.25, 0.3) is 6.08 Å². The number of nitrogens with one attached hydrogen (secondary N) is 1. The van der Waals surface area contributed by atoms with Gasteiger partial charge in [0.15, 0.2) is 11.5 Å². The molecule has 0 aliphatic carbocycles. The summed E-state index contributed by atoms with van der Waals surface area (Å²) < 4.78 is 10.5. The third-order valence-electron chi connectivity index (χ3n) is 2.87. The molecule has 4 heteroatoms. The van der Waals surface area contributed by atoms with Gasteiger partial charge in [-0.1, -0.05) is 37.1 Å². The second kappa shape index (κ2) is 8.18. The summed E-state index contributed by atoms with van der Waals surface area (Å²) in [6, 6.07) is 3.81. The molecule has 20 heavy (non-hydrogen) atoms. The second-order valence-electron chi connectivity index (χ2n) is 5.22. The van der Waals surface area contributed by atoms with E-state index in [1.807, 2.05) is 12.1 Å². The summed E-state index contributed by atoms with van der Waals surface area (Å²) in [5, 5.41) is 3.99. The molecular weight excluding hydrogens is 274 g/mol. The molecule has 0 saturated heterocycles. The Bertz CT molecular complexity index is 470. The number of halogens is 1. The molecule has 0 heterocycles. The summed E-state index contributed by atoms with van der Waals surface area (Å²) in [6.07, 6.45) is 2.07. The van der Waals surface area contributed by atoms with Crippen LogP contribution in [0.2, 0.25) is 5.02 Å². The van der Waals surface area contributed by atoms with E-state index in [0.29, 0.717) is 22.4 Å². The maximum absolute atomic E-state index is 6.35. The average molecular weight is 298 g/mol. The molecule has 0 aliphatic rings. The predicted molar refractivity (Wildman–Crippen MR) is 85.9 cm³/mol. The minimum absolute atomic E-state index is 0.575. The van der Waals surface area contributed by atoms with Gasteiger partial charge in [-0.25, -0.2) is 0 Å². The Morgan fingerprint density at radius 2 is 2.00 bits per heavy atom. The molecule has 1 aromatic rings. The van der Waals surface area contributed by atoms with E-state index in [1.165, 1.54) is 5.57 Å². The lowest BCUT2D eigenvalue weighted by atomic mass is 10.1. The summed E-state index contributed by atoms with van der Waals surface area (Å²) in [4.78, 5) is 0. The Balaban J connectivity index is 2.86. The maximum atomic E-state index is 6.35. The standard InChI is InChI=1S/C16H24ClNO2/c1-11(2)9-18-10-12(3)8-13-6-7-14(19-4)16(20-5)15(13)17/h6-8,11,18H,9-10H2,1-5H3. The summed E-state index contributed by atoms with van der Waals surface area (Å²) in [5.41, 5.74) is 2.16. The molecule has 0 fully saturated rings. The van der Waals surface area contributed by atoms with Crippen LogP contribution in [0, 0.1) is 5.92 Å². The second-order valence-corrected chi connectivity index (χ2v) is 5.60. The topological polar surface area (TPSA) is 30.5 Å². The van der Waals surface area contributed by atoms with Crippen LogP contribution in [0.1, 0.15) is 26.3 Å². The van der Waals surface area contributed by atoms with E-state index in [0.717, 1.165) is 18.7 Å². The zero-order chi connectivity index (χ0) is 15.1. The van der Waals surface area contributed by atoms with Crippen LogP contribution in [0.4, 0.5) is 0 Å². The molecule has 0 aromatic heterocycles. The number of ether oxygens (including phenoxy) is 2. The first-order chi connectivity index (χ1) is 9.49. The maximum Gasteiger partial charge on any atom is 0.179 e. The highest BCUT2D eigenvalue weighted by Crippen LogP contribution is 2.38. The Kier molecular flexibility index (Phi) is 6.89. The van der Waals surface area contributed by atoms with Gasteiger partial charge in [0.05, 0.1) is 19.2 Å². The van der Waals surface area contributed by atoms with E-state index < -0.39 is 0 Å². The zero-order valence-corrected chi connectivity index (χ0v) is 13.7. The van der Waals surface area contributed by atoms with Crippen molar-refractivity contribution in [3.8, 4) is 11.5 Å². The van der Waals surface area contributed by atoms with Crippen LogP contribution in [0.5, 0.6) is 11.5 Å². The van der Waals surface area contributed by atoms with Crippen molar-refractivity contribution in [2.24, 2.45) is 5.92 Å². The van der Waals surface area contributed by atoms with Gasteiger partial charge in [0, 0.05) is 6.54 Å². The van der Waals surface area contributed by atoms with Crippen LogP contribution < -0.4 is 14.8 Å². The minimum Gasteiger partial charge on any atom is -0.493 e. The number of hydrogen-bond acceptors (Lipinski definition) is 3. The highest BCUT2D eigenvalue weighted by atomic mass is 35.5. The normalized spacial score (nSPS) is 11.8. The van der Waals surface area contributed by atoms with Crippen molar-refractivity contribution in [2.75, 3.05) is 27.3 Å². The van der Waals surface area contributed by atoms with Crippen molar-refractivity contribution in [1.29, 1.82) is 0 Å². The number of methoxy groups -OCH3 is 2. The van der Waals surface area contributed by atoms with Gasteiger partial charge in [-0.2, -0.15) is 0 Å². The van der Waals surface area contributed by atoms with Crippen molar-refractivity contribution in [3.63, 3.8) is 0 Å². The largest absolute Gasteiger partial charge is 0.493 e. The molecule has 0 radical (unpaired) electrons. The molecular formula is C16H24ClNO2. The van der Waals surface area contributed by atoms with Gasteiger partial charge >= 0.3 is 0 Å². The fraction of sp³-hybridized carbons (Fsp3) is 0.500. The third-order valence-corrected chi connectivity index (χ3v) is 3.26. The Morgan fingerprint density at radius 1 is 1.30 bits per heavy atom. The molecule has 112 valence electrons. The van der Waals surface area contributed by atoms with Gasteiger partial charge in [0.25, 0.3) is 0 Å². The SMILES string of the molecule is COc1ccc(C=C(C)CNCC(C)C)c(Cl)c1OC. The van der Waals surface area contributed by atoms with Crippen LogP contribution in [-0.4, -0.2) is 27.3 Å². The highest BCUT2D eigenvalue weighted by Gasteiger charge is 2.11. The summed E-state index contributed by atoms with van der Waals surface area (Å²) in [6.45, 7) is 8.32. The van der Waals surface area contributed by atoms with Crippen molar-refractivity contribution >= 4 is 17.7 Å². The van der Waals surface area contributed by atoms with E-state index in [9.17, 15) is 0 Å². The fourth-order valence-corrected chi connectivity index (χ4v) is 2.18. The number of rotatable bonds is 7. The zero-order valence-electron chi connectivity index (χ0n) is 12.9. The van der Waals surface area contributed by atoms with Gasteiger partial charge in [0.1, 0.15) is 0 Å². The molecule has 0 atom stereocenters. The van der Waals surface area contributed by atoms with Crippen molar-refractivity contribution in [3.05, 3.63) is 28.3 Å².